The van der Waals surface area contributed by atoms with Crippen LogP contribution in [0.1, 0.15) is 257 Å². The van der Waals surface area contributed by atoms with Gasteiger partial charge in [-0.15, -0.1) is 0 Å². The highest BCUT2D eigenvalue weighted by Gasteiger charge is 2.31. The molecule has 5 aromatic rings. The average Bonchev–Trinajstić information content (AvgIpc) is 0.991. The van der Waals surface area contributed by atoms with Gasteiger partial charge in [-0.2, -0.15) is 0 Å². The molecule has 0 aromatic heterocycles. The number of ether oxygens (including phenoxy) is 10. The Hall–Kier alpha value is -5.10. The van der Waals surface area contributed by atoms with Crippen LogP contribution >= 0.6 is 0 Å². The Labute approximate surface area is 546 Å². The first-order chi connectivity index (χ1) is 41.9. The van der Waals surface area contributed by atoms with Crippen molar-refractivity contribution in [3.8, 4) is 28.7 Å². The van der Waals surface area contributed by atoms with E-state index in [2.05, 4.69) is 234 Å². The lowest BCUT2D eigenvalue weighted by Crippen LogP contribution is -2.19. The van der Waals surface area contributed by atoms with Gasteiger partial charge in [-0.25, -0.2) is 0 Å². The van der Waals surface area contributed by atoms with Crippen molar-refractivity contribution in [2.75, 3.05) is 66.1 Å². The van der Waals surface area contributed by atoms with Gasteiger partial charge in [-0.3, -0.25) is 0 Å². The smallest absolute Gasteiger partial charge is 0.126 e. The van der Waals surface area contributed by atoms with Crippen molar-refractivity contribution in [1.82, 2.24) is 0 Å². The largest absolute Gasteiger partial charge is 0.491 e. The molecule has 0 saturated heterocycles. The van der Waals surface area contributed by atoms with Crippen LogP contribution in [0.15, 0.2) is 60.7 Å². The van der Waals surface area contributed by atoms with Gasteiger partial charge < -0.3 is 47.4 Å². The van der Waals surface area contributed by atoms with Crippen LogP contribution in [0.2, 0.25) is 0 Å². The Kier molecular flexibility index (Phi) is 26.0. The number of hydrogen-bond acceptors (Lipinski definition) is 10. The lowest BCUT2D eigenvalue weighted by atomic mass is 9.79. The van der Waals surface area contributed by atoms with E-state index in [4.69, 9.17) is 47.4 Å². The molecule has 90 heavy (non-hydrogen) atoms. The lowest BCUT2D eigenvalue weighted by Gasteiger charge is -2.29. The molecule has 0 heterocycles. The molecule has 0 radical (unpaired) electrons. The van der Waals surface area contributed by atoms with Gasteiger partial charge in [-0.05, 0) is 180 Å². The fourth-order valence-electron chi connectivity index (χ4n) is 11.3. The van der Waals surface area contributed by atoms with Crippen molar-refractivity contribution in [1.29, 1.82) is 0 Å². The van der Waals surface area contributed by atoms with Gasteiger partial charge in [0.2, 0.25) is 0 Å². The molecule has 0 N–H and O–H groups in total. The normalized spacial score (nSPS) is 13.7. The van der Waals surface area contributed by atoms with Crippen LogP contribution in [0, 0.1) is 0 Å². The third-order valence-corrected chi connectivity index (χ3v) is 16.4. The third kappa shape index (κ3) is 21.7. The molecule has 10 bridgehead atoms. The maximum Gasteiger partial charge on any atom is 0.126 e. The molecule has 0 atom stereocenters. The second kappa shape index (κ2) is 31.7. The van der Waals surface area contributed by atoms with Gasteiger partial charge in [0.1, 0.15) is 61.8 Å². The van der Waals surface area contributed by atoms with E-state index in [-0.39, 0.29) is 57.6 Å². The zero-order valence-electron chi connectivity index (χ0n) is 60.8. The summed E-state index contributed by atoms with van der Waals surface area (Å²) in [5, 5.41) is 0. The summed E-state index contributed by atoms with van der Waals surface area (Å²) >= 11 is 0. The molecule has 1 aliphatic carbocycles. The molecule has 6 rings (SSSR count). The van der Waals surface area contributed by atoms with E-state index in [0.717, 1.165) is 84.4 Å². The second-order valence-corrected chi connectivity index (χ2v) is 31.6. The van der Waals surface area contributed by atoms with Crippen LogP contribution in [0.25, 0.3) is 0 Å². The number of rotatable bonds is 25. The monoisotopic (exact) mass is 1240 g/mol. The summed E-state index contributed by atoms with van der Waals surface area (Å²) in [6.45, 7) is 59.4. The minimum absolute atomic E-state index is 0.0472. The summed E-state index contributed by atoms with van der Waals surface area (Å²) in [6, 6.07) is 23.9. The first-order valence-electron chi connectivity index (χ1n) is 33.9. The van der Waals surface area contributed by atoms with Crippen molar-refractivity contribution < 1.29 is 47.4 Å². The molecular weight excluding hydrogens is 1120 g/mol. The fourth-order valence-corrected chi connectivity index (χ4v) is 11.3. The minimum Gasteiger partial charge on any atom is -0.491 e. The zero-order chi connectivity index (χ0) is 66.7. The number of fused-ring (bicyclic) bond motifs is 10. The van der Waals surface area contributed by atoms with Crippen molar-refractivity contribution >= 4 is 0 Å². The van der Waals surface area contributed by atoms with Crippen LogP contribution < -0.4 is 23.7 Å². The molecule has 0 saturated carbocycles. The number of hydrogen-bond donors (Lipinski definition) is 0. The average molecular weight is 1240 g/mol. The lowest BCUT2D eigenvalue weighted by molar-refractivity contribution is 0.0546. The predicted octanol–water partition coefficient (Wildman–Crippen LogP) is 18.5. The molecule has 0 spiro atoms. The summed E-state index contributed by atoms with van der Waals surface area (Å²) in [5.74, 6) is 4.25. The Morgan fingerprint density at radius 1 is 0.222 bits per heavy atom. The van der Waals surface area contributed by atoms with E-state index in [1.807, 2.05) is 0 Å². The molecule has 0 fully saturated rings. The summed E-state index contributed by atoms with van der Waals surface area (Å²) in [5.41, 5.74) is 15.7. The van der Waals surface area contributed by atoms with Crippen LogP contribution in [-0.2, 0) is 82.9 Å². The Morgan fingerprint density at radius 2 is 0.344 bits per heavy atom. The van der Waals surface area contributed by atoms with Crippen molar-refractivity contribution in [3.05, 3.63) is 144 Å². The van der Waals surface area contributed by atoms with Crippen LogP contribution in [0.5, 0.6) is 28.7 Å². The molecule has 500 valence electrons. The minimum atomic E-state index is -0.229. The van der Waals surface area contributed by atoms with Crippen LogP contribution in [-0.4, -0.2) is 96.6 Å². The molecule has 5 aromatic carbocycles. The molecule has 10 heteroatoms. The maximum absolute atomic E-state index is 7.27. The van der Waals surface area contributed by atoms with Gasteiger partial charge in [0.05, 0.1) is 63.6 Å². The van der Waals surface area contributed by atoms with Crippen molar-refractivity contribution in [3.63, 3.8) is 0 Å². The highest BCUT2D eigenvalue weighted by Crippen LogP contribution is 2.46. The Balaban J connectivity index is 1.90. The summed E-state index contributed by atoms with van der Waals surface area (Å²) in [4.78, 5) is 0. The topological polar surface area (TPSA) is 92.3 Å². The number of benzene rings is 5. The Bertz CT molecular complexity index is 2510. The predicted molar refractivity (Wildman–Crippen MR) is 373 cm³/mol. The van der Waals surface area contributed by atoms with Crippen molar-refractivity contribution in [2.45, 2.75) is 263 Å². The zero-order valence-corrected chi connectivity index (χ0v) is 60.8. The van der Waals surface area contributed by atoms with Gasteiger partial charge in [0, 0.05) is 32.1 Å². The van der Waals surface area contributed by atoms with Gasteiger partial charge in [0.15, 0.2) is 0 Å². The summed E-state index contributed by atoms with van der Waals surface area (Å²) in [7, 11) is 0. The molecule has 10 nitrogen and oxygen atoms in total. The summed E-state index contributed by atoms with van der Waals surface area (Å²) in [6.07, 6.45) is 2.93. The highest BCUT2D eigenvalue weighted by atomic mass is 16.5. The van der Waals surface area contributed by atoms with Gasteiger partial charge in [0.25, 0.3) is 0 Å². The third-order valence-electron chi connectivity index (χ3n) is 16.4. The maximum atomic E-state index is 7.27. The van der Waals surface area contributed by atoms with E-state index in [1.54, 1.807) is 0 Å². The SMILES string of the molecule is CC(C)OCCOc1c2cc(C(C)(C)C)cc1Cc1cc(C(C)(C)C)cc(c1OCCOC(C)C)Cc1cc(C(C)(C)C)cc(c1OCCOC(C)C)Cc1cc(C(C)(C)C)cc(c1OCCOC(C)C)Cc1cc(C(C)(C)C)cc(c1OCCOC(C)C)C2. The standard InChI is InChI=1S/C80H120O10/c1-51(2)81-26-31-86-71-56-36-58-43-67(77(14,15)16)45-60(72(58)87-32-27-82-52(3)4)38-62-47-69(79(20,21)22)49-64(74(62)89-34-29-84-54(7)8)40-65-50-70(80(23,24)25)48-63(75(65)90-35-30-85-55(9)10)39-61-46-68(78(17,18)19)44-59(73(61)88-33-28-83-53(5)6)37-57(71)42-66(41-56)76(11,12)13/h41-55H,26-40H2,1-25H3. The van der Waals surface area contributed by atoms with E-state index < -0.39 is 0 Å². The first-order valence-corrected chi connectivity index (χ1v) is 33.9. The second-order valence-electron chi connectivity index (χ2n) is 31.6. The highest BCUT2D eigenvalue weighted by molar-refractivity contribution is 5.61. The fraction of sp³-hybridized carbons (Fsp3) is 0.625. The Morgan fingerprint density at radius 3 is 0.444 bits per heavy atom. The molecule has 0 aliphatic heterocycles. The van der Waals surface area contributed by atoms with Gasteiger partial charge >= 0.3 is 0 Å². The van der Waals surface area contributed by atoms with E-state index in [1.165, 1.54) is 27.8 Å². The molecule has 0 unspecified atom stereocenters. The van der Waals surface area contributed by atoms with E-state index in [9.17, 15) is 0 Å². The van der Waals surface area contributed by atoms with Crippen LogP contribution in [0.4, 0.5) is 0 Å². The quantitative estimate of drug-likeness (QED) is 0.0516. The first kappa shape index (κ1) is 73.9. The van der Waals surface area contributed by atoms with E-state index >= 15 is 0 Å². The molecule has 0 amide bonds. The van der Waals surface area contributed by atoms with Crippen LogP contribution in [0.3, 0.4) is 0 Å². The van der Waals surface area contributed by atoms with E-state index in [0.29, 0.717) is 98.2 Å². The summed E-state index contributed by atoms with van der Waals surface area (Å²) < 4.78 is 67.6. The molecular formula is C80H120O10. The van der Waals surface area contributed by atoms with Crippen molar-refractivity contribution in [2.24, 2.45) is 0 Å². The van der Waals surface area contributed by atoms with Gasteiger partial charge in [-0.1, -0.05) is 165 Å². The molecule has 1 aliphatic rings.